The molecule has 2 aromatic carbocycles. The second-order valence-corrected chi connectivity index (χ2v) is 7.69. The molecular formula is C20H20FN3S. The van der Waals surface area contributed by atoms with Crippen LogP contribution in [0.2, 0.25) is 0 Å². The number of nitrogens with zero attached hydrogens (tertiary/aromatic N) is 3. The number of aryl methyl sites for hydroxylation is 1. The molecule has 0 atom stereocenters. The molecular weight excluding hydrogens is 333 g/mol. The average molecular weight is 353 g/mol. The molecule has 0 unspecified atom stereocenters. The van der Waals surface area contributed by atoms with Gasteiger partial charge in [0.1, 0.15) is 11.5 Å². The zero-order valence-corrected chi connectivity index (χ0v) is 15.0. The first kappa shape index (κ1) is 16.3. The number of halogens is 1. The Morgan fingerprint density at radius 1 is 1.08 bits per heavy atom. The Balaban J connectivity index is 1.64. The predicted octanol–water partition coefficient (Wildman–Crippen LogP) is 5.13. The van der Waals surface area contributed by atoms with E-state index < -0.39 is 0 Å². The highest BCUT2D eigenvalue weighted by atomic mass is 32.2. The first-order valence-electron chi connectivity index (χ1n) is 8.57. The summed E-state index contributed by atoms with van der Waals surface area (Å²) in [5, 5.41) is 8.73. The molecule has 1 aliphatic heterocycles. The topological polar surface area (TPSA) is 30.7 Å². The van der Waals surface area contributed by atoms with Crippen LogP contribution in [0.1, 0.15) is 24.4 Å². The Bertz CT molecular complexity index is 884. The van der Waals surface area contributed by atoms with Gasteiger partial charge >= 0.3 is 0 Å². The maximum atomic E-state index is 13.4. The van der Waals surface area contributed by atoms with Gasteiger partial charge < -0.3 is 0 Å². The fraction of sp³-hybridized carbons (Fsp3) is 0.300. The molecule has 1 aliphatic rings. The molecule has 0 saturated carbocycles. The molecule has 25 heavy (non-hydrogen) atoms. The van der Waals surface area contributed by atoms with Gasteiger partial charge in [0.2, 0.25) is 0 Å². The van der Waals surface area contributed by atoms with Crippen LogP contribution in [-0.4, -0.2) is 26.5 Å². The van der Waals surface area contributed by atoms with Crippen molar-refractivity contribution < 1.29 is 4.39 Å². The lowest BCUT2D eigenvalue weighted by Crippen LogP contribution is -2.15. The van der Waals surface area contributed by atoms with Gasteiger partial charge in [-0.1, -0.05) is 29.5 Å². The van der Waals surface area contributed by atoms with Crippen LogP contribution >= 0.6 is 11.8 Å². The number of benzene rings is 2. The van der Waals surface area contributed by atoms with Gasteiger partial charge in [-0.05, 0) is 66.2 Å². The molecule has 3 aromatic rings. The highest BCUT2D eigenvalue weighted by Gasteiger charge is 2.17. The van der Waals surface area contributed by atoms with Crippen molar-refractivity contribution in [2.45, 2.75) is 25.8 Å². The lowest BCUT2D eigenvalue weighted by atomic mass is 9.98. The van der Waals surface area contributed by atoms with Gasteiger partial charge in [-0.3, -0.25) is 0 Å². The van der Waals surface area contributed by atoms with Gasteiger partial charge in [-0.25, -0.2) is 9.07 Å². The van der Waals surface area contributed by atoms with Crippen molar-refractivity contribution in [2.24, 2.45) is 0 Å². The van der Waals surface area contributed by atoms with Gasteiger partial charge in [0.05, 0.1) is 12.2 Å². The van der Waals surface area contributed by atoms with Gasteiger partial charge in [0.15, 0.2) is 0 Å². The van der Waals surface area contributed by atoms with E-state index in [2.05, 4.69) is 22.6 Å². The largest absolute Gasteiger partial charge is 0.249 e. The first-order chi connectivity index (χ1) is 12.2. The van der Waals surface area contributed by atoms with E-state index in [9.17, 15) is 4.39 Å². The third kappa shape index (κ3) is 3.47. The molecule has 0 spiro atoms. The number of hydrogen-bond donors (Lipinski definition) is 0. The summed E-state index contributed by atoms with van der Waals surface area (Å²) in [4.78, 5) is 0. The first-order valence-corrected chi connectivity index (χ1v) is 9.73. The van der Waals surface area contributed by atoms with Crippen molar-refractivity contribution in [1.29, 1.82) is 0 Å². The number of aromatic nitrogens is 3. The Morgan fingerprint density at radius 3 is 2.68 bits per heavy atom. The summed E-state index contributed by atoms with van der Waals surface area (Å²) in [6.45, 7) is 1.93. The SMILES string of the molecule is Cc1cc(F)ccc1-c1cccc(-c2cn(C3CCSCC3)nn2)c1. The normalized spacial score (nSPS) is 15.4. The van der Waals surface area contributed by atoms with E-state index in [1.165, 1.54) is 17.6 Å². The van der Waals surface area contributed by atoms with Gasteiger partial charge in [-0.2, -0.15) is 11.8 Å². The van der Waals surface area contributed by atoms with Crippen LogP contribution in [0.15, 0.2) is 48.7 Å². The monoisotopic (exact) mass is 353 g/mol. The van der Waals surface area contributed by atoms with E-state index in [1.54, 1.807) is 6.07 Å². The zero-order chi connectivity index (χ0) is 17.2. The molecule has 0 radical (unpaired) electrons. The molecule has 3 nitrogen and oxygen atoms in total. The van der Waals surface area contributed by atoms with Gasteiger partial charge in [0, 0.05) is 5.56 Å². The number of rotatable bonds is 3. The minimum Gasteiger partial charge on any atom is -0.249 e. The molecule has 0 N–H and O–H groups in total. The summed E-state index contributed by atoms with van der Waals surface area (Å²) >= 11 is 2.01. The molecule has 2 heterocycles. The van der Waals surface area contributed by atoms with Crippen molar-refractivity contribution in [1.82, 2.24) is 15.0 Å². The number of hydrogen-bond acceptors (Lipinski definition) is 3. The highest BCUT2D eigenvalue weighted by molar-refractivity contribution is 7.99. The van der Waals surface area contributed by atoms with Gasteiger partial charge in [-0.15, -0.1) is 5.10 Å². The highest BCUT2D eigenvalue weighted by Crippen LogP contribution is 2.30. The standard InChI is InChI=1S/C20H20FN3S/c1-14-11-17(21)5-6-19(14)15-3-2-4-16(12-15)20-13-24(23-22-20)18-7-9-25-10-8-18/h2-6,11-13,18H,7-10H2,1H3. The van der Waals surface area contributed by atoms with Crippen LogP contribution in [0.3, 0.4) is 0 Å². The van der Waals surface area contributed by atoms with E-state index in [0.717, 1.165) is 40.8 Å². The maximum absolute atomic E-state index is 13.4. The lowest BCUT2D eigenvalue weighted by molar-refractivity contribution is 0.416. The third-order valence-corrected chi connectivity index (χ3v) is 5.78. The molecule has 0 bridgehead atoms. The molecule has 0 amide bonds. The second kappa shape index (κ2) is 7.00. The average Bonchev–Trinajstić information content (AvgIpc) is 3.13. The fourth-order valence-electron chi connectivity index (χ4n) is 3.33. The maximum Gasteiger partial charge on any atom is 0.123 e. The summed E-state index contributed by atoms with van der Waals surface area (Å²) in [5.74, 6) is 2.18. The summed E-state index contributed by atoms with van der Waals surface area (Å²) < 4.78 is 15.4. The van der Waals surface area contributed by atoms with Crippen LogP contribution in [0.5, 0.6) is 0 Å². The van der Waals surface area contributed by atoms with E-state index in [1.807, 2.05) is 47.6 Å². The molecule has 1 aromatic heterocycles. The van der Waals surface area contributed by atoms with Crippen molar-refractivity contribution >= 4 is 11.8 Å². The lowest BCUT2D eigenvalue weighted by Gasteiger charge is -2.20. The second-order valence-electron chi connectivity index (χ2n) is 6.47. The van der Waals surface area contributed by atoms with Crippen LogP contribution in [-0.2, 0) is 0 Å². The molecule has 0 aliphatic carbocycles. The quantitative estimate of drug-likeness (QED) is 0.654. The summed E-state index contributed by atoms with van der Waals surface area (Å²) in [6, 6.07) is 13.6. The minimum absolute atomic E-state index is 0.203. The summed E-state index contributed by atoms with van der Waals surface area (Å²) in [6.07, 6.45) is 4.36. The molecule has 128 valence electrons. The smallest absolute Gasteiger partial charge is 0.123 e. The Labute approximate surface area is 151 Å². The zero-order valence-electron chi connectivity index (χ0n) is 14.2. The Hall–Kier alpha value is -2.14. The van der Waals surface area contributed by atoms with E-state index in [4.69, 9.17) is 0 Å². The van der Waals surface area contributed by atoms with Crippen molar-refractivity contribution in [3.63, 3.8) is 0 Å². The van der Waals surface area contributed by atoms with Crippen molar-refractivity contribution in [3.8, 4) is 22.4 Å². The Morgan fingerprint density at radius 2 is 1.88 bits per heavy atom. The molecule has 1 saturated heterocycles. The predicted molar refractivity (Wildman–Crippen MR) is 101 cm³/mol. The fourth-order valence-corrected chi connectivity index (χ4v) is 4.42. The number of thioether (sulfide) groups is 1. The summed E-state index contributed by atoms with van der Waals surface area (Å²) in [7, 11) is 0. The van der Waals surface area contributed by atoms with Crippen LogP contribution < -0.4 is 0 Å². The van der Waals surface area contributed by atoms with Crippen LogP contribution in [0, 0.1) is 12.7 Å². The van der Waals surface area contributed by atoms with Crippen LogP contribution in [0.25, 0.3) is 22.4 Å². The van der Waals surface area contributed by atoms with Crippen molar-refractivity contribution in [2.75, 3.05) is 11.5 Å². The van der Waals surface area contributed by atoms with E-state index >= 15 is 0 Å². The molecule has 1 fully saturated rings. The van der Waals surface area contributed by atoms with Crippen molar-refractivity contribution in [3.05, 3.63) is 60.0 Å². The van der Waals surface area contributed by atoms with E-state index in [-0.39, 0.29) is 5.82 Å². The van der Waals surface area contributed by atoms with Gasteiger partial charge in [0.25, 0.3) is 0 Å². The Kier molecular flexibility index (Phi) is 4.57. The molecule has 4 rings (SSSR count). The summed E-state index contributed by atoms with van der Waals surface area (Å²) in [5.41, 5.74) is 4.97. The minimum atomic E-state index is -0.203. The van der Waals surface area contributed by atoms with Crippen LogP contribution in [0.4, 0.5) is 4.39 Å². The molecule has 5 heteroatoms. The van der Waals surface area contributed by atoms with E-state index in [0.29, 0.717) is 6.04 Å². The third-order valence-electron chi connectivity index (χ3n) is 4.73.